The van der Waals surface area contributed by atoms with E-state index in [4.69, 9.17) is 14.2 Å². The summed E-state index contributed by atoms with van der Waals surface area (Å²) in [6.07, 6.45) is 78.2. The third-order valence-corrected chi connectivity index (χ3v) is 10.7. The Morgan fingerprint density at radius 3 is 1.04 bits per heavy atom. The number of carbonyl (C=O) groups is 3. The summed E-state index contributed by atoms with van der Waals surface area (Å²) in [6.45, 7) is 6.25. The summed E-state index contributed by atoms with van der Waals surface area (Å²) in [5.41, 5.74) is 0. The molecule has 6 heteroatoms. The van der Waals surface area contributed by atoms with E-state index in [9.17, 15) is 14.4 Å². The summed E-state index contributed by atoms with van der Waals surface area (Å²) in [4.78, 5) is 38.1. The number of rotatable bonds is 46. The highest BCUT2D eigenvalue weighted by molar-refractivity contribution is 5.71. The normalized spacial score (nSPS) is 13.3. The highest BCUT2D eigenvalue weighted by atomic mass is 16.6. The predicted octanol–water partition coefficient (Wildman–Crippen LogP) is 18.0. The predicted molar refractivity (Wildman–Crippen MR) is 292 cm³/mol. The summed E-state index contributed by atoms with van der Waals surface area (Å²) in [7, 11) is 0. The lowest BCUT2D eigenvalue weighted by atomic mass is 10.1. The molecule has 0 aromatic carbocycles. The fourth-order valence-electron chi connectivity index (χ4n) is 6.71. The maximum atomic E-state index is 12.8. The van der Waals surface area contributed by atoms with E-state index < -0.39 is 6.10 Å². The van der Waals surface area contributed by atoms with E-state index in [2.05, 4.69) is 130 Å². The van der Waals surface area contributed by atoms with E-state index in [1.54, 1.807) is 0 Å². The fourth-order valence-corrected chi connectivity index (χ4v) is 6.71. The molecule has 68 heavy (non-hydrogen) atoms. The van der Waals surface area contributed by atoms with Crippen LogP contribution in [0.4, 0.5) is 0 Å². The minimum absolute atomic E-state index is 0.113. The molecule has 0 heterocycles. The molecule has 0 aliphatic heterocycles. The van der Waals surface area contributed by atoms with Gasteiger partial charge in [0, 0.05) is 19.3 Å². The Bertz CT molecular complexity index is 1540. The van der Waals surface area contributed by atoms with E-state index in [0.29, 0.717) is 19.3 Å². The van der Waals surface area contributed by atoms with Gasteiger partial charge in [-0.25, -0.2) is 0 Å². The first kappa shape index (κ1) is 63.3. The average molecular weight is 937 g/mol. The molecule has 0 fully saturated rings. The molecule has 0 aliphatic rings. The van der Waals surface area contributed by atoms with Gasteiger partial charge in [0.05, 0.1) is 0 Å². The molecule has 0 aliphatic carbocycles. The van der Waals surface area contributed by atoms with Crippen molar-refractivity contribution in [2.24, 2.45) is 0 Å². The number of carbonyl (C=O) groups excluding carboxylic acids is 3. The molecule has 0 radical (unpaired) electrons. The van der Waals surface area contributed by atoms with Gasteiger partial charge in [0.2, 0.25) is 0 Å². The fraction of sp³-hybridized carbons (Fsp3) is 0.565. The first-order chi connectivity index (χ1) is 33.5. The Kier molecular flexibility index (Phi) is 51.1. The van der Waals surface area contributed by atoms with Crippen LogP contribution >= 0.6 is 0 Å². The molecule has 0 amide bonds. The van der Waals surface area contributed by atoms with Crippen LogP contribution in [0, 0.1) is 0 Å². The molecule has 0 saturated heterocycles. The summed E-state index contributed by atoms with van der Waals surface area (Å²) < 4.78 is 16.8. The summed E-state index contributed by atoms with van der Waals surface area (Å²) in [6, 6.07) is 0. The minimum atomic E-state index is -0.818. The lowest BCUT2D eigenvalue weighted by molar-refractivity contribution is -0.167. The van der Waals surface area contributed by atoms with Crippen molar-refractivity contribution in [3.05, 3.63) is 146 Å². The monoisotopic (exact) mass is 937 g/mol. The molecule has 0 bridgehead atoms. The standard InChI is InChI=1S/C62H96O6/c1-4-7-10-13-16-19-22-25-28-31-32-35-37-40-43-46-49-52-55-61(64)67-58-59(68-62(65)56-53-50-47-44-41-38-34-30-27-24-21-18-15-12-9-6-3)57-66-60(63)54-51-48-45-42-39-36-33-29-26-23-20-17-14-11-8-5-2/h8-13,16-22,25-32,35,38,41,59H,4-7,14-15,23-24,33-34,36-37,39-40,42-58H2,1-3H3/b11-8-,12-9-,13-10-,19-16-,20-17-,21-18-,25-22-,29-26-,30-27-,31-28-,35-32-,41-38-. The zero-order chi connectivity index (χ0) is 49.3. The number of allylic oxidation sites excluding steroid dienone is 24. The maximum Gasteiger partial charge on any atom is 0.306 e. The Labute approximate surface area is 417 Å². The molecule has 0 aromatic rings. The van der Waals surface area contributed by atoms with E-state index in [1.165, 1.54) is 19.3 Å². The molecule has 6 nitrogen and oxygen atoms in total. The number of ether oxygens (including phenoxy) is 3. The van der Waals surface area contributed by atoms with Gasteiger partial charge in [-0.3, -0.25) is 14.4 Å². The first-order valence-electron chi connectivity index (χ1n) is 26.9. The van der Waals surface area contributed by atoms with Crippen LogP contribution in [0.15, 0.2) is 146 Å². The van der Waals surface area contributed by atoms with E-state index in [0.717, 1.165) is 141 Å². The van der Waals surface area contributed by atoms with Gasteiger partial charge in [-0.2, -0.15) is 0 Å². The van der Waals surface area contributed by atoms with Crippen molar-refractivity contribution >= 4 is 17.9 Å². The van der Waals surface area contributed by atoms with E-state index in [1.807, 2.05) is 36.5 Å². The quantitative estimate of drug-likeness (QED) is 0.0199. The lowest BCUT2D eigenvalue weighted by Crippen LogP contribution is -2.30. The van der Waals surface area contributed by atoms with Crippen molar-refractivity contribution in [1.29, 1.82) is 0 Å². The molecule has 380 valence electrons. The largest absolute Gasteiger partial charge is 0.462 e. The molecule has 0 spiro atoms. The highest BCUT2D eigenvalue weighted by Gasteiger charge is 2.19. The molecular formula is C62H96O6. The van der Waals surface area contributed by atoms with Crippen LogP contribution in [-0.4, -0.2) is 37.2 Å². The van der Waals surface area contributed by atoms with Gasteiger partial charge in [-0.15, -0.1) is 0 Å². The Balaban J connectivity index is 4.56. The van der Waals surface area contributed by atoms with Gasteiger partial charge >= 0.3 is 17.9 Å². The van der Waals surface area contributed by atoms with Gasteiger partial charge in [0.1, 0.15) is 13.2 Å². The van der Waals surface area contributed by atoms with Gasteiger partial charge < -0.3 is 14.2 Å². The molecule has 0 rings (SSSR count). The first-order valence-corrected chi connectivity index (χ1v) is 26.9. The number of hydrogen-bond donors (Lipinski definition) is 0. The Morgan fingerprint density at radius 2 is 0.632 bits per heavy atom. The molecular weight excluding hydrogens is 841 g/mol. The molecule has 0 aromatic heterocycles. The summed E-state index contributed by atoms with van der Waals surface area (Å²) in [5.74, 6) is -0.991. The SMILES string of the molecule is CC/C=C\C/C=C\C/C=C\C/C=C\CCCCCC(=O)OC(COC(=O)CCCCCCC\C=C/C=C\C=C/C=C\C=C/CCC)COC(=O)CCCCCCCC/C=C\C/C=C\C/C=C\CC. The maximum absolute atomic E-state index is 12.8. The Morgan fingerprint density at radius 1 is 0.324 bits per heavy atom. The van der Waals surface area contributed by atoms with Gasteiger partial charge in [-0.1, -0.05) is 224 Å². The minimum Gasteiger partial charge on any atom is -0.462 e. The van der Waals surface area contributed by atoms with Crippen molar-refractivity contribution in [3.63, 3.8) is 0 Å². The number of hydrogen-bond acceptors (Lipinski definition) is 6. The number of unbranched alkanes of at least 4 members (excludes halogenated alkanes) is 15. The zero-order valence-electron chi connectivity index (χ0n) is 43.3. The second-order valence-corrected chi connectivity index (χ2v) is 17.1. The second-order valence-electron chi connectivity index (χ2n) is 17.1. The molecule has 1 unspecified atom stereocenters. The highest BCUT2D eigenvalue weighted by Crippen LogP contribution is 2.13. The molecule has 0 N–H and O–H groups in total. The molecule has 0 saturated carbocycles. The van der Waals surface area contributed by atoms with Gasteiger partial charge in [0.15, 0.2) is 6.10 Å². The van der Waals surface area contributed by atoms with Crippen LogP contribution in [-0.2, 0) is 28.6 Å². The molecule has 1 atom stereocenters. The van der Waals surface area contributed by atoms with Crippen LogP contribution in [0.1, 0.15) is 207 Å². The third kappa shape index (κ3) is 52.3. The van der Waals surface area contributed by atoms with Crippen LogP contribution in [0.5, 0.6) is 0 Å². The van der Waals surface area contributed by atoms with Crippen LogP contribution in [0.3, 0.4) is 0 Å². The van der Waals surface area contributed by atoms with Crippen molar-refractivity contribution in [1.82, 2.24) is 0 Å². The lowest BCUT2D eigenvalue weighted by Gasteiger charge is -2.18. The van der Waals surface area contributed by atoms with Crippen LogP contribution in [0.2, 0.25) is 0 Å². The topological polar surface area (TPSA) is 78.9 Å². The van der Waals surface area contributed by atoms with Crippen LogP contribution < -0.4 is 0 Å². The van der Waals surface area contributed by atoms with E-state index >= 15 is 0 Å². The smallest absolute Gasteiger partial charge is 0.306 e. The second kappa shape index (κ2) is 54.9. The number of esters is 3. The third-order valence-electron chi connectivity index (χ3n) is 10.7. The van der Waals surface area contributed by atoms with Gasteiger partial charge in [0.25, 0.3) is 0 Å². The van der Waals surface area contributed by atoms with Crippen molar-refractivity contribution in [2.45, 2.75) is 213 Å². The summed E-state index contributed by atoms with van der Waals surface area (Å²) >= 11 is 0. The zero-order valence-corrected chi connectivity index (χ0v) is 43.3. The summed E-state index contributed by atoms with van der Waals surface area (Å²) in [5, 5.41) is 0. The Hall–Kier alpha value is -4.71. The van der Waals surface area contributed by atoms with Crippen molar-refractivity contribution in [2.75, 3.05) is 13.2 Å². The van der Waals surface area contributed by atoms with E-state index in [-0.39, 0.29) is 37.5 Å². The van der Waals surface area contributed by atoms with Crippen molar-refractivity contribution < 1.29 is 28.6 Å². The van der Waals surface area contributed by atoms with Crippen molar-refractivity contribution in [3.8, 4) is 0 Å². The van der Waals surface area contributed by atoms with Gasteiger partial charge in [-0.05, 0) is 109 Å². The van der Waals surface area contributed by atoms with Crippen LogP contribution in [0.25, 0.3) is 0 Å². The average Bonchev–Trinajstić information content (AvgIpc) is 3.34.